The van der Waals surface area contributed by atoms with Crippen molar-refractivity contribution in [3.05, 3.63) is 223 Å². The quantitative estimate of drug-likeness (QED) is 0.152. The minimum Gasteiger partial charge on any atom is -0.458 e. The van der Waals surface area contributed by atoms with E-state index in [1.165, 1.54) is 116 Å². The van der Waals surface area contributed by atoms with Crippen molar-refractivity contribution in [3.8, 4) is 78.3 Å². The lowest BCUT2D eigenvalue weighted by molar-refractivity contribution is 0.488. The Labute approximate surface area is 424 Å². The maximum absolute atomic E-state index is 7.47. The molecule has 0 unspecified atom stereocenters. The van der Waals surface area contributed by atoms with E-state index in [0.717, 1.165) is 22.9 Å². The molecule has 342 valence electrons. The first kappa shape index (κ1) is 42.8. The first-order chi connectivity index (χ1) is 35.0. The molecule has 0 spiro atoms. The number of anilines is 3. The number of nitrogens with zero attached hydrogens (tertiary/aromatic N) is 1. The van der Waals surface area contributed by atoms with Gasteiger partial charge in [-0.3, -0.25) is 0 Å². The first-order valence-corrected chi connectivity index (χ1v) is 25.7. The highest BCUT2D eigenvalue weighted by Crippen LogP contribution is 2.47. The van der Waals surface area contributed by atoms with Gasteiger partial charge in [0.1, 0.15) is 11.5 Å². The van der Waals surface area contributed by atoms with E-state index in [-0.39, 0.29) is 24.3 Å². The Morgan fingerprint density at radius 2 is 0.694 bits per heavy atom. The summed E-state index contributed by atoms with van der Waals surface area (Å²) in [6.45, 7) is 13.8. The molecule has 0 fully saturated rings. The summed E-state index contributed by atoms with van der Waals surface area (Å²) in [5, 5.41) is 0. The van der Waals surface area contributed by atoms with Crippen LogP contribution in [0.5, 0.6) is 11.5 Å². The molecular weight excluding hydrogens is 868 g/mol. The van der Waals surface area contributed by atoms with Gasteiger partial charge in [-0.05, 0) is 135 Å². The molecule has 0 amide bonds. The number of hydrogen-bond donors (Lipinski definition) is 0. The third-order valence-electron chi connectivity index (χ3n) is 16.1. The Morgan fingerprint density at radius 3 is 1.18 bits per heavy atom. The normalized spacial score (nSPS) is 13.4. The molecule has 0 radical (unpaired) electrons. The molecular formula is C68H53B2NO. The van der Waals surface area contributed by atoms with Gasteiger partial charge in [0.25, 0.3) is 6.71 Å². The Balaban J connectivity index is 1.14. The van der Waals surface area contributed by atoms with E-state index in [2.05, 4.69) is 259 Å². The molecule has 0 aliphatic carbocycles. The van der Waals surface area contributed by atoms with Gasteiger partial charge in [0.05, 0.1) is 0 Å². The fraction of sp³-hybridized carbons (Fsp3) is 0.118. The van der Waals surface area contributed by atoms with Crippen molar-refractivity contribution in [2.75, 3.05) is 4.90 Å². The van der Waals surface area contributed by atoms with Crippen LogP contribution in [0.2, 0.25) is 0 Å². The molecule has 10 aromatic carbocycles. The van der Waals surface area contributed by atoms with Gasteiger partial charge in [0.2, 0.25) is 6.71 Å². The van der Waals surface area contributed by atoms with Crippen molar-refractivity contribution < 1.29 is 4.74 Å². The third-order valence-corrected chi connectivity index (χ3v) is 16.1. The van der Waals surface area contributed by atoms with Gasteiger partial charge in [-0.25, -0.2) is 0 Å². The Kier molecular flexibility index (Phi) is 9.34. The van der Waals surface area contributed by atoms with Crippen LogP contribution in [0, 0.1) is 0 Å². The maximum atomic E-state index is 7.47. The molecule has 0 bridgehead atoms. The van der Waals surface area contributed by atoms with Gasteiger partial charge in [-0.15, -0.1) is 0 Å². The summed E-state index contributed by atoms with van der Waals surface area (Å²) in [5.74, 6) is 1.79. The van der Waals surface area contributed by atoms with Crippen molar-refractivity contribution in [3.63, 3.8) is 0 Å². The van der Waals surface area contributed by atoms with Gasteiger partial charge < -0.3 is 9.64 Å². The highest BCUT2D eigenvalue weighted by Gasteiger charge is 2.44. The standard InChI is InChI=1S/C68H53B2NO/c1-67(2,3)42-37-43(68(4,5)6)39-44(38-42)71-61-35-19-31-55-51-27-13-9-23-47(51)45-21-7-11-25-49(45)53-29-15-17-33-57(53)69(65(55)61)59-40-60-64(41-62(59)71)72-63-36-20-32-56-52-28-14-10-24-48(52)46-22-8-12-26-50(46)54-30-16-18-34-58(54)70(60)66(56)63/h7-41H,1-6H3. The van der Waals surface area contributed by atoms with Crippen molar-refractivity contribution >= 4 is 63.3 Å². The van der Waals surface area contributed by atoms with Crippen LogP contribution in [0.15, 0.2) is 212 Å². The van der Waals surface area contributed by atoms with Crippen molar-refractivity contribution in [1.82, 2.24) is 0 Å². The van der Waals surface area contributed by atoms with Crippen LogP contribution in [-0.2, 0) is 10.8 Å². The second kappa shape index (κ2) is 15.7. The van der Waals surface area contributed by atoms with Gasteiger partial charge in [-0.2, -0.15) is 0 Å². The summed E-state index contributed by atoms with van der Waals surface area (Å²) >= 11 is 0. The molecule has 4 aliphatic rings. The Morgan fingerprint density at radius 1 is 0.306 bits per heavy atom. The van der Waals surface area contributed by atoms with E-state index in [1.54, 1.807) is 0 Å². The Bertz CT molecular complexity index is 3870. The number of benzene rings is 10. The summed E-state index contributed by atoms with van der Waals surface area (Å²) in [7, 11) is 0. The molecule has 4 heterocycles. The molecule has 4 aliphatic heterocycles. The van der Waals surface area contributed by atoms with Gasteiger partial charge in [0, 0.05) is 23.1 Å². The fourth-order valence-electron chi connectivity index (χ4n) is 12.7. The molecule has 10 aromatic rings. The highest BCUT2D eigenvalue weighted by atomic mass is 16.5. The second-order valence-corrected chi connectivity index (χ2v) is 22.3. The van der Waals surface area contributed by atoms with E-state index >= 15 is 0 Å². The lowest BCUT2D eigenvalue weighted by atomic mass is 9.30. The SMILES string of the molecule is CC(C)(C)c1cc(N2c3cc4c(cc3B3c5ccccc5-c5ccccc5-c5ccccc5-c5cccc2c53)B2c3ccccc3-c3ccccc3-c3ccccc3-c3cccc(c32)O4)cc(C(C)(C)C)c1. The molecule has 0 saturated heterocycles. The summed E-state index contributed by atoms with van der Waals surface area (Å²) in [6.07, 6.45) is 0. The average molecular weight is 922 g/mol. The summed E-state index contributed by atoms with van der Waals surface area (Å²) in [6, 6.07) is 80.5. The highest BCUT2D eigenvalue weighted by molar-refractivity contribution is 7.02. The minimum absolute atomic E-state index is 0.0911. The van der Waals surface area contributed by atoms with Crippen LogP contribution in [0.4, 0.5) is 17.1 Å². The fourth-order valence-corrected chi connectivity index (χ4v) is 12.7. The van der Waals surface area contributed by atoms with Crippen molar-refractivity contribution in [2.24, 2.45) is 0 Å². The molecule has 72 heavy (non-hydrogen) atoms. The lowest BCUT2D eigenvalue weighted by Crippen LogP contribution is -2.61. The molecule has 14 rings (SSSR count). The summed E-state index contributed by atoms with van der Waals surface area (Å²) in [5.41, 5.74) is 28.3. The first-order valence-electron chi connectivity index (χ1n) is 25.7. The number of ether oxygens (including phenoxy) is 1. The summed E-state index contributed by atoms with van der Waals surface area (Å²) < 4.78 is 7.47. The largest absolute Gasteiger partial charge is 0.458 e. The van der Waals surface area contributed by atoms with E-state index in [1.807, 2.05) is 0 Å². The molecule has 0 saturated carbocycles. The Hall–Kier alpha value is -8.07. The van der Waals surface area contributed by atoms with Gasteiger partial charge >= 0.3 is 0 Å². The maximum Gasteiger partial charge on any atom is 0.252 e. The van der Waals surface area contributed by atoms with E-state index in [0.29, 0.717) is 0 Å². The molecule has 0 atom stereocenters. The predicted octanol–water partition coefficient (Wildman–Crippen LogP) is 13.8. The number of fused-ring (bicyclic) bond motifs is 18. The van der Waals surface area contributed by atoms with Gasteiger partial charge in [-0.1, -0.05) is 234 Å². The average Bonchev–Trinajstić information content (AvgIpc) is 3.47. The number of rotatable bonds is 1. The van der Waals surface area contributed by atoms with Crippen LogP contribution >= 0.6 is 0 Å². The zero-order valence-electron chi connectivity index (χ0n) is 41.7. The molecule has 2 nitrogen and oxygen atoms in total. The zero-order valence-corrected chi connectivity index (χ0v) is 41.7. The molecule has 0 N–H and O–H groups in total. The van der Waals surface area contributed by atoms with Gasteiger partial charge in [0.15, 0.2) is 0 Å². The van der Waals surface area contributed by atoms with Crippen LogP contribution in [0.3, 0.4) is 0 Å². The third kappa shape index (κ3) is 6.37. The van der Waals surface area contributed by atoms with Crippen LogP contribution < -0.4 is 42.4 Å². The molecule has 0 aromatic heterocycles. The second-order valence-electron chi connectivity index (χ2n) is 22.3. The predicted molar refractivity (Wildman–Crippen MR) is 307 cm³/mol. The van der Waals surface area contributed by atoms with E-state index < -0.39 is 0 Å². The van der Waals surface area contributed by atoms with E-state index in [4.69, 9.17) is 4.74 Å². The lowest BCUT2D eigenvalue weighted by Gasteiger charge is -2.41. The van der Waals surface area contributed by atoms with Crippen molar-refractivity contribution in [2.45, 2.75) is 52.4 Å². The summed E-state index contributed by atoms with van der Waals surface area (Å²) in [4.78, 5) is 2.59. The van der Waals surface area contributed by atoms with Crippen molar-refractivity contribution in [1.29, 1.82) is 0 Å². The smallest absolute Gasteiger partial charge is 0.252 e. The molecule has 4 heteroatoms. The van der Waals surface area contributed by atoms with Crippen LogP contribution in [0.25, 0.3) is 66.8 Å². The monoisotopic (exact) mass is 921 g/mol. The number of hydrogen-bond acceptors (Lipinski definition) is 2. The van der Waals surface area contributed by atoms with Crippen LogP contribution in [-0.4, -0.2) is 13.4 Å². The topological polar surface area (TPSA) is 12.5 Å². The van der Waals surface area contributed by atoms with Crippen LogP contribution in [0.1, 0.15) is 52.7 Å². The zero-order chi connectivity index (χ0) is 48.6. The minimum atomic E-state index is -0.143. The van der Waals surface area contributed by atoms with E-state index in [9.17, 15) is 0 Å².